The van der Waals surface area contributed by atoms with E-state index in [1.807, 2.05) is 27.7 Å². The van der Waals surface area contributed by atoms with Crippen LogP contribution in [0, 0.1) is 47.9 Å². The number of benzene rings is 1. The van der Waals surface area contributed by atoms with E-state index in [0.29, 0.717) is 37.7 Å². The van der Waals surface area contributed by atoms with E-state index in [0.717, 1.165) is 4.90 Å². The zero-order valence-electron chi connectivity index (χ0n) is 67.9. The monoisotopic (exact) mass is 1510 g/mol. The number of carbonyl (C=O) groups is 14. The number of methoxy groups -OCH3 is 1. The Hall–Kier alpha value is -8.68. The van der Waals surface area contributed by atoms with Crippen LogP contribution in [0.5, 0.6) is 0 Å². The SMILES string of the molecule is C#CCCC[C@@H]1NC(=O)[C@H]([C@@H](C)CC)N(C)C(=O)[C@@H]2CCCN2C(=O)[C@@H]2CCCN2C(=O)[C@H](CC(C)C)NC(=O)[C@H](C(C)C)N(C)C(=O)[C@H](C)NC(=O)[C@@H](C)N(C)C(=O)[C@H](Cc2ccccc2)N(C)C(=O)[C@H](COC)N(C)C(=O)[C@H](C(C)C)N(C)C(=O)[C@@H]2CCCN2C(=O)[C@H](C)NC(=O)[C@H](C(C)C)OC(=O)[C@H]1C. The maximum atomic E-state index is 15.2. The summed E-state index contributed by atoms with van der Waals surface area (Å²) in [7, 11) is 9.86. The zero-order valence-corrected chi connectivity index (χ0v) is 67.9. The van der Waals surface area contributed by atoms with E-state index < -0.39 is 197 Å². The van der Waals surface area contributed by atoms with Crippen molar-refractivity contribution in [3.63, 3.8) is 0 Å². The maximum absolute atomic E-state index is 15.2. The molecular formula is C79H125N13O16. The number of terminal acetylenes is 1. The highest BCUT2D eigenvalue weighted by Gasteiger charge is 2.49. The number of nitrogens with zero attached hydrogens (tertiary/aromatic N) is 9. The molecule has 4 heterocycles. The fourth-order valence-corrected chi connectivity index (χ4v) is 15.4. The number of ether oxygens (including phenoxy) is 2. The second-order valence-corrected chi connectivity index (χ2v) is 31.6. The van der Waals surface area contributed by atoms with Gasteiger partial charge >= 0.3 is 5.97 Å². The summed E-state index contributed by atoms with van der Waals surface area (Å²) < 4.78 is 11.6. The third-order valence-corrected chi connectivity index (χ3v) is 22.1. The third-order valence-electron chi connectivity index (χ3n) is 22.1. The molecule has 0 aliphatic carbocycles. The lowest BCUT2D eigenvalue weighted by Crippen LogP contribution is -2.62. The molecule has 0 radical (unpaired) electrons. The average Bonchev–Trinajstić information content (AvgIpc) is 1.66. The smallest absolute Gasteiger partial charge is 0.311 e. The Bertz CT molecular complexity index is 3400. The van der Waals surface area contributed by atoms with Gasteiger partial charge in [0.15, 0.2) is 6.10 Å². The van der Waals surface area contributed by atoms with Gasteiger partial charge in [-0.15, -0.1) is 12.3 Å². The quantitative estimate of drug-likeness (QED) is 0.118. The van der Waals surface area contributed by atoms with Gasteiger partial charge in [-0.2, -0.15) is 0 Å². The first-order valence-corrected chi connectivity index (χ1v) is 38.6. The highest BCUT2D eigenvalue weighted by molar-refractivity contribution is 6.00. The molecule has 29 heteroatoms. The molecule has 0 spiro atoms. The zero-order chi connectivity index (χ0) is 81.2. The van der Waals surface area contributed by atoms with Gasteiger partial charge in [-0.05, 0) is 121 Å². The van der Waals surface area contributed by atoms with Crippen molar-refractivity contribution in [1.29, 1.82) is 0 Å². The lowest BCUT2D eigenvalue weighted by atomic mass is 9.92. The molecule has 602 valence electrons. The summed E-state index contributed by atoms with van der Waals surface area (Å²) in [5, 5.41) is 11.4. The predicted molar refractivity (Wildman–Crippen MR) is 405 cm³/mol. The molecule has 4 aliphatic rings. The van der Waals surface area contributed by atoms with E-state index in [9.17, 15) is 38.4 Å². The Morgan fingerprint density at radius 2 is 0.981 bits per heavy atom. The number of carbonyl (C=O) groups excluding carboxylic acids is 14. The minimum absolute atomic E-state index is 0.0538. The predicted octanol–water partition coefficient (Wildman–Crippen LogP) is 3.23. The van der Waals surface area contributed by atoms with Crippen LogP contribution in [0.25, 0.3) is 0 Å². The molecule has 5 rings (SSSR count). The Morgan fingerprint density at radius 3 is 1.49 bits per heavy atom. The largest absolute Gasteiger partial charge is 0.452 e. The fourth-order valence-electron chi connectivity index (χ4n) is 15.4. The van der Waals surface area contributed by atoms with Gasteiger partial charge in [0.25, 0.3) is 5.91 Å². The molecule has 0 unspecified atom stereocenters. The topological polar surface area (TPSA) is 335 Å². The molecule has 0 aromatic heterocycles. The third kappa shape index (κ3) is 21.8. The van der Waals surface area contributed by atoms with Crippen molar-refractivity contribution >= 4 is 82.8 Å². The van der Waals surface area contributed by atoms with E-state index in [1.54, 1.807) is 78.8 Å². The molecule has 0 bridgehead atoms. The summed E-state index contributed by atoms with van der Waals surface area (Å²) in [5.74, 6) is -10.0. The van der Waals surface area contributed by atoms with E-state index >= 15 is 28.8 Å². The standard InChI is InChI=1S/C79H125N13O16/c1-23-25-27-35-55-50(12)79(106)108-65(48(9)10)69(96)81-52(14)71(98)90-39-30-36-57(90)73(100)88(20)63(47(7)8)78(105)86(18)61(44-107-22)76(103)85(17)60(43-54-33-28-26-29-34-54)75(102)84(16)53(15)66(93)80-51(13)70(97)87(19)62(46(5)6)67(94)83-56(42-45(3)4)72(99)91-40-32-38-59(91)77(104)92-41-31-37-58(92)74(101)89(21)64(49(11)24-2)68(95)82-55/h1,26,28-29,33-34,45-53,55-65H,24-25,27,30-32,35-44H2,2-22H3,(H,80,93)(H,81,96)(H,82,95)(H,83,94)/t49-,50-,51-,52-,53+,55-,56-,57-,58-,59-,60-,61-,62-,63-,64-,65-/m0/s1. The number of hydrogen-bond acceptors (Lipinski definition) is 16. The van der Waals surface area contributed by atoms with Crippen LogP contribution in [0.2, 0.25) is 0 Å². The van der Waals surface area contributed by atoms with Gasteiger partial charge in [-0.25, -0.2) is 0 Å². The van der Waals surface area contributed by atoms with Crippen LogP contribution < -0.4 is 21.3 Å². The van der Waals surface area contributed by atoms with Crippen LogP contribution >= 0.6 is 0 Å². The first-order chi connectivity index (χ1) is 50.7. The number of hydrogen-bond donors (Lipinski definition) is 4. The van der Waals surface area contributed by atoms with Gasteiger partial charge in [0, 0.05) is 87.9 Å². The van der Waals surface area contributed by atoms with Crippen molar-refractivity contribution in [2.75, 3.05) is 75.6 Å². The number of cyclic esters (lactones) is 1. The van der Waals surface area contributed by atoms with Crippen molar-refractivity contribution in [2.45, 2.75) is 259 Å². The number of nitrogens with one attached hydrogen (secondary N) is 4. The second-order valence-electron chi connectivity index (χ2n) is 31.6. The Kier molecular flexibility index (Phi) is 33.9. The highest BCUT2D eigenvalue weighted by Crippen LogP contribution is 2.31. The Labute approximate surface area is 640 Å². The van der Waals surface area contributed by atoms with Crippen LogP contribution in [-0.4, -0.2) is 287 Å². The fraction of sp³-hybridized carbons (Fsp3) is 0.722. The normalized spacial score (nSPS) is 29.2. The molecular weight excluding hydrogens is 1390 g/mol. The number of likely N-dealkylation sites (N-methyl/N-ethyl adjacent to an activating group) is 6. The van der Waals surface area contributed by atoms with E-state index in [2.05, 4.69) is 27.2 Å². The molecule has 108 heavy (non-hydrogen) atoms. The van der Waals surface area contributed by atoms with Gasteiger partial charge in [0.2, 0.25) is 70.9 Å². The lowest BCUT2D eigenvalue weighted by Gasteiger charge is -2.40. The average molecular weight is 1510 g/mol. The van der Waals surface area contributed by atoms with Gasteiger partial charge in [-0.1, -0.05) is 106 Å². The van der Waals surface area contributed by atoms with Crippen LogP contribution in [0.1, 0.15) is 173 Å². The summed E-state index contributed by atoms with van der Waals surface area (Å²) in [6.45, 7) is 23.6. The van der Waals surface area contributed by atoms with Gasteiger partial charge < -0.3 is 74.8 Å². The minimum atomic E-state index is -1.45. The molecule has 4 N–H and O–H groups in total. The van der Waals surface area contributed by atoms with E-state index in [4.69, 9.17) is 15.9 Å². The summed E-state index contributed by atoms with van der Waals surface area (Å²) >= 11 is 0. The number of rotatable bonds is 14. The first kappa shape index (κ1) is 89.9. The van der Waals surface area contributed by atoms with Crippen LogP contribution in [0.4, 0.5) is 0 Å². The van der Waals surface area contributed by atoms with Crippen LogP contribution in [-0.2, 0) is 83.0 Å². The molecule has 16 atom stereocenters. The van der Waals surface area contributed by atoms with Crippen molar-refractivity contribution in [2.24, 2.45) is 35.5 Å². The lowest BCUT2D eigenvalue weighted by molar-refractivity contribution is -0.164. The number of fused-ring (bicyclic) bond motifs is 3. The molecule has 13 amide bonds. The number of amides is 13. The summed E-state index contributed by atoms with van der Waals surface area (Å²) in [4.78, 5) is 219. The maximum Gasteiger partial charge on any atom is 0.311 e. The van der Waals surface area contributed by atoms with E-state index in [1.165, 1.54) is 109 Å². The van der Waals surface area contributed by atoms with Gasteiger partial charge in [-0.3, -0.25) is 67.1 Å². The Balaban J connectivity index is 1.58. The van der Waals surface area contributed by atoms with E-state index in [-0.39, 0.29) is 77.1 Å². The highest BCUT2D eigenvalue weighted by atomic mass is 16.5. The molecule has 1 aromatic carbocycles. The summed E-state index contributed by atoms with van der Waals surface area (Å²) in [6.07, 6.45) is 7.61. The molecule has 4 aliphatic heterocycles. The van der Waals surface area contributed by atoms with Crippen molar-refractivity contribution in [3.05, 3.63) is 35.9 Å². The van der Waals surface area contributed by atoms with Gasteiger partial charge in [0.05, 0.1) is 12.5 Å². The Morgan fingerprint density at radius 1 is 0.509 bits per heavy atom. The van der Waals surface area contributed by atoms with Gasteiger partial charge in [0.1, 0.15) is 72.5 Å². The molecule has 4 saturated heterocycles. The van der Waals surface area contributed by atoms with Crippen LogP contribution in [0.15, 0.2) is 30.3 Å². The molecule has 29 nitrogen and oxygen atoms in total. The summed E-state index contributed by atoms with van der Waals surface area (Å²) in [6, 6.07) is -6.41. The van der Waals surface area contributed by atoms with Crippen LogP contribution in [0.3, 0.4) is 0 Å². The molecule has 1 aromatic rings. The summed E-state index contributed by atoms with van der Waals surface area (Å²) in [5.41, 5.74) is 0.644. The number of esters is 1. The second kappa shape index (κ2) is 40.7. The number of unbranched alkanes of at least 4 members (excludes halogenated alkanes) is 1. The minimum Gasteiger partial charge on any atom is -0.452 e. The van der Waals surface area contributed by atoms with Crippen molar-refractivity contribution in [1.82, 2.24) is 65.4 Å². The molecule has 0 saturated carbocycles. The molecule has 4 fully saturated rings. The van der Waals surface area contributed by atoms with Crippen molar-refractivity contribution in [3.8, 4) is 12.3 Å². The van der Waals surface area contributed by atoms with Crippen molar-refractivity contribution < 1.29 is 76.6 Å². The first-order valence-electron chi connectivity index (χ1n) is 38.6.